The lowest BCUT2D eigenvalue weighted by Gasteiger charge is -2.36. The van der Waals surface area contributed by atoms with Crippen LogP contribution in [0.25, 0.3) is 11.0 Å². The number of anilines is 1. The lowest BCUT2D eigenvalue weighted by Crippen LogP contribution is -2.46. The first-order valence-electron chi connectivity index (χ1n) is 8.47. The lowest BCUT2D eigenvalue weighted by atomic mass is 10.1. The van der Waals surface area contributed by atoms with Crippen molar-refractivity contribution in [2.75, 3.05) is 31.1 Å². The van der Waals surface area contributed by atoms with Gasteiger partial charge in [-0.1, -0.05) is 18.2 Å². The van der Waals surface area contributed by atoms with E-state index >= 15 is 0 Å². The molecule has 4 rings (SSSR count). The summed E-state index contributed by atoms with van der Waals surface area (Å²) in [7, 11) is 0. The number of fused-ring (bicyclic) bond motifs is 1. The maximum atomic E-state index is 11.8. The number of piperazine rings is 1. The Labute approximate surface area is 145 Å². The van der Waals surface area contributed by atoms with Crippen molar-refractivity contribution < 1.29 is 9.52 Å². The highest BCUT2D eigenvalue weighted by molar-refractivity contribution is 5.81. The Morgan fingerprint density at radius 2 is 1.72 bits per heavy atom. The van der Waals surface area contributed by atoms with Crippen molar-refractivity contribution in [1.29, 1.82) is 0 Å². The van der Waals surface area contributed by atoms with E-state index < -0.39 is 0 Å². The first-order chi connectivity index (χ1) is 12.2. The van der Waals surface area contributed by atoms with Gasteiger partial charge in [0.1, 0.15) is 11.3 Å². The van der Waals surface area contributed by atoms with Gasteiger partial charge in [-0.05, 0) is 29.8 Å². The predicted molar refractivity (Wildman–Crippen MR) is 98.1 cm³/mol. The molecule has 0 unspecified atom stereocenters. The molecule has 1 fully saturated rings. The molecule has 128 valence electrons. The van der Waals surface area contributed by atoms with E-state index in [-0.39, 0.29) is 11.4 Å². The number of benzene rings is 2. The highest BCUT2D eigenvalue weighted by Gasteiger charge is 2.18. The van der Waals surface area contributed by atoms with Crippen LogP contribution < -0.4 is 10.5 Å². The second-order valence-electron chi connectivity index (χ2n) is 6.37. The van der Waals surface area contributed by atoms with Crippen molar-refractivity contribution in [3.63, 3.8) is 0 Å². The zero-order chi connectivity index (χ0) is 17.2. The quantitative estimate of drug-likeness (QED) is 0.746. The van der Waals surface area contributed by atoms with Gasteiger partial charge >= 0.3 is 5.63 Å². The molecule has 1 aliphatic heterocycles. The zero-order valence-corrected chi connectivity index (χ0v) is 13.9. The van der Waals surface area contributed by atoms with Crippen LogP contribution in [0.3, 0.4) is 0 Å². The standard InChI is InChI=1S/C20H20N2O3/c23-17-6-7-18-15(12-20(24)25-19(18)13-17)14-21-8-10-22(11-9-21)16-4-2-1-3-5-16/h1-7,12-13,23H,8-11,14H2. The summed E-state index contributed by atoms with van der Waals surface area (Å²) in [6, 6.07) is 16.9. The molecule has 0 spiro atoms. The normalized spacial score (nSPS) is 15.6. The van der Waals surface area contributed by atoms with Gasteiger partial charge in [0.2, 0.25) is 0 Å². The van der Waals surface area contributed by atoms with Crippen molar-refractivity contribution in [3.05, 3.63) is 70.6 Å². The summed E-state index contributed by atoms with van der Waals surface area (Å²) in [4.78, 5) is 16.5. The predicted octanol–water partition coefficient (Wildman–Crippen LogP) is 2.82. The molecule has 0 radical (unpaired) electrons. The third-order valence-corrected chi connectivity index (χ3v) is 4.70. The fourth-order valence-corrected chi connectivity index (χ4v) is 3.39. The molecular formula is C20H20N2O3. The summed E-state index contributed by atoms with van der Waals surface area (Å²) in [5.41, 5.74) is 2.25. The number of nitrogens with zero attached hydrogens (tertiary/aromatic N) is 2. The number of hydrogen-bond donors (Lipinski definition) is 1. The molecule has 2 heterocycles. The third-order valence-electron chi connectivity index (χ3n) is 4.70. The summed E-state index contributed by atoms with van der Waals surface area (Å²) in [5, 5.41) is 10.5. The second kappa shape index (κ2) is 6.61. The number of para-hydroxylation sites is 1. The summed E-state index contributed by atoms with van der Waals surface area (Å²) in [5.74, 6) is 0.101. The minimum atomic E-state index is -0.379. The minimum absolute atomic E-state index is 0.101. The van der Waals surface area contributed by atoms with Gasteiger partial charge in [-0.3, -0.25) is 4.90 Å². The highest BCUT2D eigenvalue weighted by atomic mass is 16.4. The monoisotopic (exact) mass is 336 g/mol. The number of aromatic hydroxyl groups is 1. The maximum absolute atomic E-state index is 11.8. The third kappa shape index (κ3) is 3.37. The molecule has 1 aromatic heterocycles. The molecule has 2 aromatic carbocycles. The van der Waals surface area contributed by atoms with E-state index in [4.69, 9.17) is 4.42 Å². The first kappa shape index (κ1) is 15.7. The van der Waals surface area contributed by atoms with Gasteiger partial charge in [0.05, 0.1) is 0 Å². The molecule has 1 saturated heterocycles. The van der Waals surface area contributed by atoms with Gasteiger partial charge in [0, 0.05) is 55.9 Å². The Kier molecular flexibility index (Phi) is 4.15. The average molecular weight is 336 g/mol. The number of hydrogen-bond acceptors (Lipinski definition) is 5. The fourth-order valence-electron chi connectivity index (χ4n) is 3.39. The summed E-state index contributed by atoms with van der Waals surface area (Å²) in [6.45, 7) is 4.51. The Morgan fingerprint density at radius 3 is 2.48 bits per heavy atom. The van der Waals surface area contributed by atoms with Gasteiger partial charge in [-0.25, -0.2) is 4.79 Å². The van der Waals surface area contributed by atoms with Gasteiger partial charge in [0.25, 0.3) is 0 Å². The average Bonchev–Trinajstić information content (AvgIpc) is 2.62. The van der Waals surface area contributed by atoms with E-state index in [1.807, 2.05) is 12.1 Å². The summed E-state index contributed by atoms with van der Waals surface area (Å²) < 4.78 is 5.20. The molecule has 25 heavy (non-hydrogen) atoms. The van der Waals surface area contributed by atoms with Crippen molar-refractivity contribution in [2.24, 2.45) is 0 Å². The number of phenols is 1. The van der Waals surface area contributed by atoms with E-state index in [0.29, 0.717) is 12.1 Å². The fraction of sp³-hybridized carbons (Fsp3) is 0.250. The van der Waals surface area contributed by atoms with Crippen LogP contribution >= 0.6 is 0 Å². The largest absolute Gasteiger partial charge is 0.508 e. The highest BCUT2D eigenvalue weighted by Crippen LogP contribution is 2.23. The molecule has 5 heteroatoms. The molecule has 0 amide bonds. The molecule has 0 saturated carbocycles. The smallest absolute Gasteiger partial charge is 0.336 e. The van der Waals surface area contributed by atoms with Crippen LogP contribution in [-0.2, 0) is 6.54 Å². The van der Waals surface area contributed by atoms with Crippen LogP contribution in [0.5, 0.6) is 5.75 Å². The van der Waals surface area contributed by atoms with E-state index in [1.54, 1.807) is 12.1 Å². The molecule has 0 aliphatic carbocycles. The molecule has 3 aromatic rings. The first-order valence-corrected chi connectivity index (χ1v) is 8.47. The zero-order valence-electron chi connectivity index (χ0n) is 13.9. The Balaban J connectivity index is 1.50. The van der Waals surface area contributed by atoms with Gasteiger partial charge < -0.3 is 14.4 Å². The van der Waals surface area contributed by atoms with Crippen molar-refractivity contribution in [2.45, 2.75) is 6.54 Å². The molecule has 0 atom stereocenters. The van der Waals surface area contributed by atoms with Gasteiger partial charge in [0.15, 0.2) is 0 Å². The Bertz CT molecular complexity index is 929. The van der Waals surface area contributed by atoms with Gasteiger partial charge in [-0.15, -0.1) is 0 Å². The van der Waals surface area contributed by atoms with Crippen LogP contribution in [0.4, 0.5) is 5.69 Å². The minimum Gasteiger partial charge on any atom is -0.508 e. The van der Waals surface area contributed by atoms with Crippen molar-refractivity contribution >= 4 is 16.7 Å². The molecule has 0 bridgehead atoms. The molecule has 1 N–H and O–H groups in total. The van der Waals surface area contributed by atoms with Crippen LogP contribution in [0.2, 0.25) is 0 Å². The van der Waals surface area contributed by atoms with E-state index in [1.165, 1.54) is 11.8 Å². The SMILES string of the molecule is O=c1cc(CN2CCN(c3ccccc3)CC2)c2ccc(O)cc2o1. The summed E-state index contributed by atoms with van der Waals surface area (Å²) in [6.07, 6.45) is 0. The Hall–Kier alpha value is -2.79. The van der Waals surface area contributed by atoms with Gasteiger partial charge in [-0.2, -0.15) is 0 Å². The number of rotatable bonds is 3. The second-order valence-corrected chi connectivity index (χ2v) is 6.37. The van der Waals surface area contributed by atoms with E-state index in [9.17, 15) is 9.90 Å². The van der Waals surface area contributed by atoms with Crippen LogP contribution in [0, 0.1) is 0 Å². The van der Waals surface area contributed by atoms with Crippen molar-refractivity contribution in [3.8, 4) is 5.75 Å². The number of phenolic OH excluding ortho intramolecular Hbond substituents is 1. The molecule has 1 aliphatic rings. The van der Waals surface area contributed by atoms with Crippen LogP contribution in [0.1, 0.15) is 5.56 Å². The van der Waals surface area contributed by atoms with Crippen LogP contribution in [0.15, 0.2) is 63.8 Å². The van der Waals surface area contributed by atoms with Crippen LogP contribution in [-0.4, -0.2) is 36.2 Å². The summed E-state index contributed by atoms with van der Waals surface area (Å²) >= 11 is 0. The molecular weight excluding hydrogens is 316 g/mol. The Morgan fingerprint density at radius 1 is 0.960 bits per heavy atom. The lowest BCUT2D eigenvalue weighted by molar-refractivity contribution is 0.250. The van der Waals surface area contributed by atoms with E-state index in [2.05, 4.69) is 34.1 Å². The van der Waals surface area contributed by atoms with E-state index in [0.717, 1.165) is 37.1 Å². The molecule has 5 nitrogen and oxygen atoms in total. The van der Waals surface area contributed by atoms with Crippen molar-refractivity contribution in [1.82, 2.24) is 4.90 Å². The topological polar surface area (TPSA) is 56.9 Å². The maximum Gasteiger partial charge on any atom is 0.336 e.